The summed E-state index contributed by atoms with van der Waals surface area (Å²) in [6, 6.07) is 13.9. The van der Waals surface area contributed by atoms with Crippen molar-refractivity contribution < 1.29 is 64.6 Å². The van der Waals surface area contributed by atoms with E-state index < -0.39 is 89.7 Å². The quantitative estimate of drug-likeness (QED) is 0.0918. The molecular formula is C36H23Cl2F6N3O8. The summed E-state index contributed by atoms with van der Waals surface area (Å²) in [4.78, 5) is 78.9. The Balaban J connectivity index is 1.28. The zero-order chi connectivity index (χ0) is 40.2. The third-order valence-electron chi connectivity index (χ3n) is 7.82. The number of ether oxygens (including phenoxy) is 2. The minimum Gasteiger partial charge on any atom is -0.454 e. The number of nitrogens with zero attached hydrogens (tertiary/aromatic N) is 1. The fourth-order valence-electron chi connectivity index (χ4n) is 5.20. The molecule has 2 N–H and O–H groups in total. The van der Waals surface area contributed by atoms with Crippen LogP contribution < -0.4 is 10.6 Å². The van der Waals surface area contributed by atoms with E-state index in [4.69, 9.17) is 32.7 Å². The van der Waals surface area contributed by atoms with Gasteiger partial charge in [-0.05, 0) is 60.2 Å². The highest BCUT2D eigenvalue weighted by molar-refractivity contribution is 6.34. The number of nitrogens with one attached hydrogen (secondary N) is 2. The van der Waals surface area contributed by atoms with Crippen LogP contribution in [0.15, 0.2) is 84.9 Å². The van der Waals surface area contributed by atoms with E-state index in [0.717, 1.165) is 30.3 Å². The summed E-state index contributed by atoms with van der Waals surface area (Å²) >= 11 is 11.8. The van der Waals surface area contributed by atoms with E-state index in [2.05, 4.69) is 10.6 Å². The first-order valence-corrected chi connectivity index (χ1v) is 16.3. The van der Waals surface area contributed by atoms with Crippen molar-refractivity contribution in [1.82, 2.24) is 4.90 Å². The van der Waals surface area contributed by atoms with E-state index in [-0.39, 0.29) is 33.2 Å². The van der Waals surface area contributed by atoms with Crippen LogP contribution in [0.3, 0.4) is 0 Å². The lowest BCUT2D eigenvalue weighted by Crippen LogP contribution is -2.47. The van der Waals surface area contributed by atoms with E-state index in [1.165, 1.54) is 0 Å². The first kappa shape index (κ1) is 40.2. The third kappa shape index (κ3) is 9.60. The second-order valence-corrected chi connectivity index (χ2v) is 12.4. The predicted molar refractivity (Wildman–Crippen MR) is 182 cm³/mol. The Hall–Kier alpha value is -5.94. The summed E-state index contributed by atoms with van der Waals surface area (Å²) < 4.78 is 88.7. The molecule has 55 heavy (non-hydrogen) atoms. The molecule has 0 fully saturated rings. The van der Waals surface area contributed by atoms with Crippen molar-refractivity contribution in [3.63, 3.8) is 0 Å². The summed E-state index contributed by atoms with van der Waals surface area (Å²) in [7, 11) is 0. The minimum atomic E-state index is -4.75. The average molecular weight is 810 g/mol. The second kappa shape index (κ2) is 16.2. The number of amides is 4. The normalized spacial score (nSPS) is 13.2. The van der Waals surface area contributed by atoms with Crippen LogP contribution in [0.4, 0.5) is 37.7 Å². The molecular weight excluding hydrogens is 787 g/mol. The number of halogens is 8. The van der Waals surface area contributed by atoms with Crippen LogP contribution in [0.2, 0.25) is 10.0 Å². The molecule has 1 unspecified atom stereocenters. The molecule has 1 aliphatic heterocycles. The minimum absolute atomic E-state index is 0.225. The Bertz CT molecular complexity index is 2200. The maximum atomic E-state index is 13.6. The van der Waals surface area contributed by atoms with Gasteiger partial charge >= 0.3 is 24.3 Å². The molecule has 0 bridgehead atoms. The van der Waals surface area contributed by atoms with Gasteiger partial charge in [0.15, 0.2) is 13.2 Å². The van der Waals surface area contributed by atoms with Gasteiger partial charge in [-0.1, -0.05) is 53.5 Å². The van der Waals surface area contributed by atoms with Gasteiger partial charge in [0.05, 0.1) is 49.2 Å². The number of imide groups is 1. The molecule has 0 radical (unpaired) electrons. The molecule has 1 aliphatic rings. The summed E-state index contributed by atoms with van der Waals surface area (Å²) in [5.74, 6) is -6.58. The topological polar surface area (TPSA) is 148 Å². The first-order valence-electron chi connectivity index (χ1n) is 15.6. The second-order valence-electron chi connectivity index (χ2n) is 11.6. The number of alkyl halides is 6. The number of esters is 2. The zero-order valence-corrected chi connectivity index (χ0v) is 29.0. The molecule has 4 amide bonds. The van der Waals surface area contributed by atoms with Gasteiger partial charge in [-0.3, -0.25) is 24.1 Å². The SMILES string of the molecule is O=C(COC(=O)c1ccc2c(c1)C(=O)N(C(Cc1ccccc1)C(=O)OCC(=O)Nc1cc(C(F)(F)F)ccc1Cl)C2=O)Nc1cc(C(F)(F)F)ccc1Cl. The molecule has 0 spiro atoms. The Morgan fingerprint density at radius 2 is 1.16 bits per heavy atom. The van der Waals surface area contributed by atoms with Crippen LogP contribution in [-0.4, -0.2) is 59.7 Å². The molecule has 0 saturated carbocycles. The molecule has 19 heteroatoms. The van der Waals surface area contributed by atoms with Crippen LogP contribution >= 0.6 is 23.2 Å². The van der Waals surface area contributed by atoms with Gasteiger partial charge in [-0.15, -0.1) is 0 Å². The summed E-state index contributed by atoms with van der Waals surface area (Å²) in [5.41, 5.74) is -3.48. The highest BCUT2D eigenvalue weighted by Crippen LogP contribution is 2.35. The van der Waals surface area contributed by atoms with Crippen LogP contribution in [0.5, 0.6) is 0 Å². The third-order valence-corrected chi connectivity index (χ3v) is 8.48. The van der Waals surface area contributed by atoms with Gasteiger partial charge in [0.2, 0.25) is 0 Å². The van der Waals surface area contributed by atoms with Crippen LogP contribution in [0.1, 0.15) is 47.8 Å². The number of benzene rings is 4. The van der Waals surface area contributed by atoms with Gasteiger partial charge < -0.3 is 20.1 Å². The van der Waals surface area contributed by atoms with Gasteiger partial charge in [-0.25, -0.2) is 9.59 Å². The fraction of sp³-hybridized carbons (Fsp3) is 0.167. The summed E-state index contributed by atoms with van der Waals surface area (Å²) in [6.45, 7) is -2.04. The molecule has 1 atom stereocenters. The van der Waals surface area contributed by atoms with Gasteiger partial charge in [0.25, 0.3) is 23.6 Å². The molecule has 4 aromatic carbocycles. The highest BCUT2D eigenvalue weighted by atomic mass is 35.5. The van der Waals surface area contributed by atoms with E-state index in [1.54, 1.807) is 30.3 Å². The van der Waals surface area contributed by atoms with Gasteiger partial charge in [0, 0.05) is 6.42 Å². The van der Waals surface area contributed by atoms with Crippen LogP contribution in [0.25, 0.3) is 0 Å². The molecule has 4 aromatic rings. The molecule has 11 nitrogen and oxygen atoms in total. The number of carbonyl (C=O) groups is 6. The largest absolute Gasteiger partial charge is 0.454 e. The number of carbonyl (C=O) groups excluding carboxylic acids is 6. The molecule has 0 saturated heterocycles. The maximum Gasteiger partial charge on any atom is 0.416 e. The number of anilines is 2. The lowest BCUT2D eigenvalue weighted by molar-refractivity contribution is -0.151. The van der Waals surface area contributed by atoms with Crippen molar-refractivity contribution in [2.45, 2.75) is 24.8 Å². The van der Waals surface area contributed by atoms with Crippen molar-refractivity contribution >= 4 is 70.1 Å². The number of fused-ring (bicyclic) bond motifs is 1. The average Bonchev–Trinajstić information content (AvgIpc) is 3.37. The number of rotatable bonds is 11. The first-order chi connectivity index (χ1) is 25.8. The van der Waals surface area contributed by atoms with E-state index in [9.17, 15) is 55.1 Å². The molecule has 0 aromatic heterocycles. The number of hydrogen-bond acceptors (Lipinski definition) is 8. The number of hydrogen-bond donors (Lipinski definition) is 2. The Labute approximate surface area is 316 Å². The van der Waals surface area contributed by atoms with Crippen molar-refractivity contribution in [3.8, 4) is 0 Å². The van der Waals surface area contributed by atoms with E-state index >= 15 is 0 Å². The molecule has 286 valence electrons. The van der Waals surface area contributed by atoms with Crippen LogP contribution in [-0.2, 0) is 42.6 Å². The molecule has 0 aliphatic carbocycles. The molecule has 1 heterocycles. The van der Waals surface area contributed by atoms with Crippen molar-refractivity contribution in [1.29, 1.82) is 0 Å². The summed E-state index contributed by atoms with van der Waals surface area (Å²) in [6.07, 6.45) is -9.78. The van der Waals surface area contributed by atoms with Crippen molar-refractivity contribution in [3.05, 3.63) is 128 Å². The predicted octanol–water partition coefficient (Wildman–Crippen LogP) is 7.22. The maximum absolute atomic E-state index is 13.6. The standard InChI is InChI=1S/C36H23Cl2F6N3O8/c37-24-10-7-20(35(39,40)41)14-26(24)45-29(48)16-54-33(52)19-6-9-22-23(13-19)32(51)47(31(22)50)28(12-18-4-2-1-3-5-18)34(53)55-17-30(49)46-27-15-21(36(42,43)44)8-11-25(27)38/h1-11,13-15,28H,12,16-17H2,(H,45,48)(H,46,49). The van der Waals surface area contributed by atoms with Gasteiger partial charge in [-0.2, -0.15) is 26.3 Å². The Morgan fingerprint density at radius 3 is 1.69 bits per heavy atom. The van der Waals surface area contributed by atoms with Gasteiger partial charge in [0.1, 0.15) is 6.04 Å². The van der Waals surface area contributed by atoms with Crippen molar-refractivity contribution in [2.75, 3.05) is 23.8 Å². The fourth-order valence-corrected chi connectivity index (χ4v) is 5.53. The van der Waals surface area contributed by atoms with E-state index in [0.29, 0.717) is 34.7 Å². The molecule has 5 rings (SSSR count). The lowest BCUT2D eigenvalue weighted by atomic mass is 10.0. The lowest BCUT2D eigenvalue weighted by Gasteiger charge is -2.24. The smallest absolute Gasteiger partial charge is 0.416 e. The Morgan fingerprint density at radius 1 is 0.655 bits per heavy atom. The zero-order valence-electron chi connectivity index (χ0n) is 27.5. The Kier molecular flexibility index (Phi) is 11.9. The van der Waals surface area contributed by atoms with Crippen molar-refractivity contribution in [2.24, 2.45) is 0 Å². The summed E-state index contributed by atoms with van der Waals surface area (Å²) in [5, 5.41) is 3.75. The monoisotopic (exact) mass is 809 g/mol. The van der Waals surface area contributed by atoms with E-state index in [1.807, 2.05) is 0 Å². The highest BCUT2D eigenvalue weighted by Gasteiger charge is 2.44. The van der Waals surface area contributed by atoms with Crippen LogP contribution in [0, 0.1) is 0 Å².